The summed E-state index contributed by atoms with van der Waals surface area (Å²) in [5, 5.41) is 19.3. The van der Waals surface area contributed by atoms with E-state index < -0.39 is 29.7 Å². The molecule has 0 fully saturated rings. The number of para-hydroxylation sites is 3. The lowest BCUT2D eigenvalue weighted by Crippen LogP contribution is -2.42. The zero-order valence-corrected chi connectivity index (χ0v) is 22.8. The summed E-state index contributed by atoms with van der Waals surface area (Å²) in [5.74, 6) is -2.86. The van der Waals surface area contributed by atoms with Gasteiger partial charge in [0.25, 0.3) is 17.7 Å². The SMILES string of the molecule is O=C(Nc1ccccc1C(=O)Nc1ccccc1C(=O)NC(Cc1c[nH]c2ccccc12)C(=O)O)c1ccc(Cl)cc1. The van der Waals surface area contributed by atoms with Crippen molar-refractivity contribution >= 4 is 57.6 Å². The van der Waals surface area contributed by atoms with Crippen molar-refractivity contribution in [3.05, 3.63) is 131 Å². The molecule has 1 atom stereocenters. The molecule has 9 nitrogen and oxygen atoms in total. The minimum absolute atomic E-state index is 0.0559. The van der Waals surface area contributed by atoms with Crippen LogP contribution in [0.25, 0.3) is 10.9 Å². The molecular formula is C32H25ClN4O5. The highest BCUT2D eigenvalue weighted by Crippen LogP contribution is 2.23. The molecule has 210 valence electrons. The van der Waals surface area contributed by atoms with Crippen molar-refractivity contribution in [1.82, 2.24) is 10.3 Å². The normalized spacial score (nSPS) is 11.5. The second-order valence-corrected chi connectivity index (χ2v) is 9.87. The Morgan fingerprint density at radius 3 is 1.95 bits per heavy atom. The molecule has 3 amide bonds. The number of fused-ring (bicyclic) bond motifs is 1. The first-order valence-corrected chi connectivity index (χ1v) is 13.3. The number of benzene rings is 4. The maximum Gasteiger partial charge on any atom is 0.326 e. The predicted molar refractivity (Wildman–Crippen MR) is 161 cm³/mol. The van der Waals surface area contributed by atoms with Crippen LogP contribution in [0.1, 0.15) is 36.6 Å². The Labute approximate surface area is 245 Å². The van der Waals surface area contributed by atoms with Crippen LogP contribution in [0, 0.1) is 0 Å². The number of carboxylic acid groups (broad SMARTS) is 1. The van der Waals surface area contributed by atoms with E-state index in [1.165, 1.54) is 18.2 Å². The molecule has 0 radical (unpaired) electrons. The summed E-state index contributed by atoms with van der Waals surface area (Å²) in [6, 6.07) is 25.3. The molecule has 42 heavy (non-hydrogen) atoms. The number of hydrogen-bond donors (Lipinski definition) is 5. The average molecular weight is 581 g/mol. The summed E-state index contributed by atoms with van der Waals surface area (Å²) in [4.78, 5) is 54.6. The number of halogens is 1. The summed E-state index contributed by atoms with van der Waals surface area (Å²) in [5.41, 5.74) is 2.66. The van der Waals surface area contributed by atoms with E-state index in [1.807, 2.05) is 24.3 Å². The Bertz CT molecular complexity index is 1800. The molecule has 1 heterocycles. The summed E-state index contributed by atoms with van der Waals surface area (Å²) in [7, 11) is 0. The Hall–Kier alpha value is -5.41. The Balaban J connectivity index is 1.33. The zero-order valence-electron chi connectivity index (χ0n) is 22.1. The van der Waals surface area contributed by atoms with Crippen LogP contribution in [0.4, 0.5) is 11.4 Å². The second kappa shape index (κ2) is 12.4. The Morgan fingerprint density at radius 2 is 1.29 bits per heavy atom. The quantitative estimate of drug-likeness (QED) is 0.151. The summed E-state index contributed by atoms with van der Waals surface area (Å²) in [6.45, 7) is 0. The third kappa shape index (κ3) is 6.32. The number of carbonyl (C=O) groups is 4. The lowest BCUT2D eigenvalue weighted by atomic mass is 10.0. The van der Waals surface area contributed by atoms with Gasteiger partial charge in [0.1, 0.15) is 6.04 Å². The van der Waals surface area contributed by atoms with E-state index in [9.17, 15) is 24.3 Å². The zero-order chi connectivity index (χ0) is 29.6. The maximum absolute atomic E-state index is 13.3. The first-order chi connectivity index (χ1) is 20.3. The fourth-order valence-corrected chi connectivity index (χ4v) is 4.65. The van der Waals surface area contributed by atoms with Crippen molar-refractivity contribution in [2.24, 2.45) is 0 Å². The van der Waals surface area contributed by atoms with Gasteiger partial charge in [0.2, 0.25) is 0 Å². The molecule has 5 aromatic rings. The molecule has 0 aliphatic heterocycles. The summed E-state index contributed by atoms with van der Waals surface area (Å²) < 4.78 is 0. The molecule has 0 saturated carbocycles. The fourth-order valence-electron chi connectivity index (χ4n) is 4.52. The first-order valence-electron chi connectivity index (χ1n) is 12.9. The van der Waals surface area contributed by atoms with Gasteiger partial charge in [0.05, 0.1) is 22.5 Å². The number of aromatic nitrogens is 1. The topological polar surface area (TPSA) is 140 Å². The number of aromatic amines is 1. The van der Waals surface area contributed by atoms with Gasteiger partial charge in [0.15, 0.2) is 0 Å². The largest absolute Gasteiger partial charge is 0.480 e. The van der Waals surface area contributed by atoms with E-state index >= 15 is 0 Å². The molecule has 1 unspecified atom stereocenters. The van der Waals surface area contributed by atoms with Gasteiger partial charge in [-0.25, -0.2) is 4.79 Å². The summed E-state index contributed by atoms with van der Waals surface area (Å²) in [6.07, 6.45) is 1.78. The molecule has 1 aromatic heterocycles. The number of H-pyrrole nitrogens is 1. The lowest BCUT2D eigenvalue weighted by molar-refractivity contribution is -0.139. The molecule has 0 spiro atoms. The Morgan fingerprint density at radius 1 is 0.714 bits per heavy atom. The standard InChI is InChI=1S/C32H25ClN4O5/c33-21-15-13-19(14-16-21)29(38)35-26-11-5-2-8-23(26)30(39)36-27-12-6-3-9-24(27)31(40)37-28(32(41)42)17-20-18-34-25-10-4-1-7-22(20)25/h1-16,18,28,34H,17H2,(H,35,38)(H,36,39)(H,37,40)(H,41,42). The number of carbonyl (C=O) groups excluding carboxylic acids is 3. The average Bonchev–Trinajstić information content (AvgIpc) is 3.40. The predicted octanol–water partition coefficient (Wildman–Crippen LogP) is 5.75. The van der Waals surface area contributed by atoms with Gasteiger partial charge in [-0.05, 0) is 60.2 Å². The minimum atomic E-state index is -1.22. The number of amides is 3. The van der Waals surface area contributed by atoms with Gasteiger partial charge in [-0.1, -0.05) is 54.1 Å². The molecular weight excluding hydrogens is 556 g/mol. The first kappa shape index (κ1) is 28.1. The van der Waals surface area contributed by atoms with Gasteiger partial charge in [-0.3, -0.25) is 14.4 Å². The summed E-state index contributed by atoms with van der Waals surface area (Å²) >= 11 is 5.91. The van der Waals surface area contributed by atoms with Crippen molar-refractivity contribution in [1.29, 1.82) is 0 Å². The van der Waals surface area contributed by atoms with E-state index in [-0.39, 0.29) is 28.9 Å². The van der Waals surface area contributed by atoms with Gasteiger partial charge in [0, 0.05) is 34.1 Å². The van der Waals surface area contributed by atoms with Gasteiger partial charge in [-0.2, -0.15) is 0 Å². The molecule has 10 heteroatoms. The lowest BCUT2D eigenvalue weighted by Gasteiger charge is -2.17. The van der Waals surface area contributed by atoms with Crippen LogP contribution in [0.3, 0.4) is 0 Å². The monoisotopic (exact) mass is 580 g/mol. The molecule has 5 N–H and O–H groups in total. The highest BCUT2D eigenvalue weighted by molar-refractivity contribution is 6.30. The van der Waals surface area contributed by atoms with Crippen LogP contribution in [-0.4, -0.2) is 39.8 Å². The minimum Gasteiger partial charge on any atom is -0.480 e. The van der Waals surface area contributed by atoms with Crippen molar-refractivity contribution in [3.8, 4) is 0 Å². The van der Waals surface area contributed by atoms with E-state index in [2.05, 4.69) is 20.9 Å². The van der Waals surface area contributed by atoms with Crippen molar-refractivity contribution < 1.29 is 24.3 Å². The third-order valence-corrected chi connectivity index (χ3v) is 6.90. The number of hydrogen-bond acceptors (Lipinski definition) is 4. The van der Waals surface area contributed by atoms with Crippen molar-refractivity contribution in [2.75, 3.05) is 10.6 Å². The van der Waals surface area contributed by atoms with Crippen molar-refractivity contribution in [2.45, 2.75) is 12.5 Å². The smallest absolute Gasteiger partial charge is 0.326 e. The number of aliphatic carboxylic acids is 1. The highest BCUT2D eigenvalue weighted by atomic mass is 35.5. The van der Waals surface area contributed by atoms with Crippen molar-refractivity contribution in [3.63, 3.8) is 0 Å². The van der Waals surface area contributed by atoms with E-state index in [0.717, 1.165) is 16.5 Å². The number of carboxylic acids is 1. The highest BCUT2D eigenvalue weighted by Gasteiger charge is 2.24. The van der Waals surface area contributed by atoms with Crippen LogP contribution in [0.5, 0.6) is 0 Å². The van der Waals surface area contributed by atoms with Gasteiger partial charge >= 0.3 is 5.97 Å². The van der Waals surface area contributed by atoms with Crippen LogP contribution in [0.2, 0.25) is 5.02 Å². The molecule has 0 bridgehead atoms. The number of nitrogens with one attached hydrogen (secondary N) is 4. The molecule has 0 saturated heterocycles. The van der Waals surface area contributed by atoms with Gasteiger partial charge in [-0.15, -0.1) is 0 Å². The van der Waals surface area contributed by atoms with Gasteiger partial charge < -0.3 is 26.0 Å². The number of anilines is 2. The van der Waals surface area contributed by atoms with Crippen LogP contribution < -0.4 is 16.0 Å². The van der Waals surface area contributed by atoms with Crippen LogP contribution in [0.15, 0.2) is 103 Å². The molecule has 4 aromatic carbocycles. The van der Waals surface area contributed by atoms with E-state index in [4.69, 9.17) is 11.6 Å². The van der Waals surface area contributed by atoms with Crippen LogP contribution in [-0.2, 0) is 11.2 Å². The maximum atomic E-state index is 13.3. The van der Waals surface area contributed by atoms with E-state index in [0.29, 0.717) is 10.6 Å². The number of rotatable bonds is 9. The van der Waals surface area contributed by atoms with Crippen LogP contribution >= 0.6 is 11.6 Å². The molecule has 5 rings (SSSR count). The fraction of sp³-hybridized carbons (Fsp3) is 0.0625. The molecule has 0 aliphatic rings. The third-order valence-electron chi connectivity index (χ3n) is 6.65. The van der Waals surface area contributed by atoms with E-state index in [1.54, 1.807) is 60.8 Å². The second-order valence-electron chi connectivity index (χ2n) is 9.43. The molecule has 0 aliphatic carbocycles. The Kier molecular flexibility index (Phi) is 8.31.